The summed E-state index contributed by atoms with van der Waals surface area (Å²) in [6, 6.07) is 15.4. The minimum absolute atomic E-state index is 0.0978. The van der Waals surface area contributed by atoms with Gasteiger partial charge in [-0.2, -0.15) is 0 Å². The molecular weight excluding hydrogens is 290 g/mol. The molecule has 2 rings (SSSR count). The molecule has 1 nitrogen and oxygen atoms in total. The Morgan fingerprint density at radius 2 is 1.50 bits per heavy atom. The number of benzene rings is 1. The van der Waals surface area contributed by atoms with Gasteiger partial charge in [-0.3, -0.25) is 4.98 Å². The van der Waals surface area contributed by atoms with Gasteiger partial charge >= 0.3 is 0 Å². The standard InChI is InChI=1S/C23H33N/c1-7-21(19-11-9-8-10-12-19)22(4,5)23(6,17-18(2)3)20-13-15-24-16-14-20/h8-16,18,21H,7,17H2,1-6H3. The van der Waals surface area contributed by atoms with Gasteiger partial charge in [0.05, 0.1) is 0 Å². The molecular formula is C23H33N. The van der Waals surface area contributed by atoms with Crippen molar-refractivity contribution in [3.8, 4) is 0 Å². The number of pyridine rings is 1. The summed E-state index contributed by atoms with van der Waals surface area (Å²) in [4.78, 5) is 4.24. The molecule has 1 aromatic heterocycles. The largest absolute Gasteiger partial charge is 0.265 e. The third kappa shape index (κ3) is 3.55. The van der Waals surface area contributed by atoms with Gasteiger partial charge in [0.25, 0.3) is 0 Å². The van der Waals surface area contributed by atoms with Crippen LogP contribution >= 0.6 is 0 Å². The molecule has 130 valence electrons. The van der Waals surface area contributed by atoms with Crippen molar-refractivity contribution >= 4 is 0 Å². The molecule has 0 saturated heterocycles. The van der Waals surface area contributed by atoms with E-state index in [4.69, 9.17) is 0 Å². The molecule has 0 aliphatic carbocycles. The molecule has 1 heterocycles. The average Bonchev–Trinajstić information content (AvgIpc) is 2.56. The lowest BCUT2D eigenvalue weighted by molar-refractivity contribution is 0.107. The fourth-order valence-electron chi connectivity index (χ4n) is 4.52. The number of aromatic nitrogens is 1. The molecule has 2 unspecified atom stereocenters. The Morgan fingerprint density at radius 3 is 2.00 bits per heavy atom. The van der Waals surface area contributed by atoms with Crippen molar-refractivity contribution in [2.45, 2.75) is 65.7 Å². The zero-order valence-electron chi connectivity index (χ0n) is 16.2. The van der Waals surface area contributed by atoms with Crippen molar-refractivity contribution in [1.29, 1.82) is 0 Å². The molecule has 24 heavy (non-hydrogen) atoms. The quantitative estimate of drug-likeness (QED) is 0.559. The van der Waals surface area contributed by atoms with Gasteiger partial charge in [-0.1, -0.05) is 71.9 Å². The average molecular weight is 324 g/mol. The van der Waals surface area contributed by atoms with Crippen LogP contribution in [0.1, 0.15) is 71.4 Å². The fourth-order valence-corrected chi connectivity index (χ4v) is 4.52. The predicted molar refractivity (Wildman–Crippen MR) is 104 cm³/mol. The van der Waals surface area contributed by atoms with Crippen molar-refractivity contribution in [2.75, 3.05) is 0 Å². The van der Waals surface area contributed by atoms with Crippen LogP contribution in [-0.2, 0) is 5.41 Å². The minimum Gasteiger partial charge on any atom is -0.265 e. The molecule has 0 radical (unpaired) electrons. The highest BCUT2D eigenvalue weighted by atomic mass is 14.6. The molecule has 2 aromatic rings. The SMILES string of the molecule is CCC(c1ccccc1)C(C)(C)C(C)(CC(C)C)c1ccncc1. The first-order chi connectivity index (χ1) is 11.3. The Balaban J connectivity index is 2.54. The topological polar surface area (TPSA) is 12.9 Å². The van der Waals surface area contributed by atoms with Gasteiger partial charge in [0.1, 0.15) is 0 Å². The maximum Gasteiger partial charge on any atom is 0.0270 e. The van der Waals surface area contributed by atoms with Gasteiger partial charge in [0.2, 0.25) is 0 Å². The van der Waals surface area contributed by atoms with Crippen molar-refractivity contribution < 1.29 is 0 Å². The zero-order chi connectivity index (χ0) is 17.8. The van der Waals surface area contributed by atoms with Crippen molar-refractivity contribution in [1.82, 2.24) is 4.98 Å². The molecule has 0 saturated carbocycles. The highest BCUT2D eigenvalue weighted by Gasteiger charge is 2.47. The Hall–Kier alpha value is -1.63. The Labute approximate surface area is 148 Å². The molecule has 0 spiro atoms. The van der Waals surface area contributed by atoms with E-state index < -0.39 is 0 Å². The van der Waals surface area contributed by atoms with Gasteiger partial charge in [0.15, 0.2) is 0 Å². The second-order valence-electron chi connectivity index (χ2n) is 8.26. The van der Waals surface area contributed by atoms with E-state index in [2.05, 4.69) is 89.0 Å². The maximum absolute atomic E-state index is 4.24. The van der Waals surface area contributed by atoms with Crippen LogP contribution in [0.5, 0.6) is 0 Å². The summed E-state index contributed by atoms with van der Waals surface area (Å²) >= 11 is 0. The van der Waals surface area contributed by atoms with Crippen molar-refractivity contribution in [3.05, 3.63) is 66.0 Å². The summed E-state index contributed by atoms with van der Waals surface area (Å²) in [5, 5.41) is 0. The van der Waals surface area contributed by atoms with E-state index in [1.807, 2.05) is 12.4 Å². The second-order valence-corrected chi connectivity index (χ2v) is 8.26. The highest BCUT2D eigenvalue weighted by Crippen LogP contribution is 2.54. The molecule has 0 bridgehead atoms. The van der Waals surface area contributed by atoms with Crippen LogP contribution in [-0.4, -0.2) is 4.98 Å². The highest BCUT2D eigenvalue weighted by molar-refractivity contribution is 5.31. The summed E-state index contributed by atoms with van der Waals surface area (Å²) in [7, 11) is 0. The van der Waals surface area contributed by atoms with Gasteiger partial charge in [-0.25, -0.2) is 0 Å². The summed E-state index contributed by atoms with van der Waals surface area (Å²) in [6.07, 6.45) is 6.20. The van der Waals surface area contributed by atoms with E-state index in [0.717, 1.165) is 6.42 Å². The lowest BCUT2D eigenvalue weighted by Gasteiger charge is -2.50. The van der Waals surface area contributed by atoms with Crippen LogP contribution in [0, 0.1) is 11.3 Å². The van der Waals surface area contributed by atoms with E-state index in [9.17, 15) is 0 Å². The summed E-state index contributed by atoms with van der Waals surface area (Å²) < 4.78 is 0. The summed E-state index contributed by atoms with van der Waals surface area (Å²) in [5.41, 5.74) is 3.09. The normalized spacial score (nSPS) is 16.0. The lowest BCUT2D eigenvalue weighted by atomic mass is 9.53. The Morgan fingerprint density at radius 1 is 0.917 bits per heavy atom. The number of hydrogen-bond acceptors (Lipinski definition) is 1. The maximum atomic E-state index is 4.24. The second kappa shape index (κ2) is 7.51. The monoisotopic (exact) mass is 323 g/mol. The number of nitrogens with zero attached hydrogens (tertiary/aromatic N) is 1. The van der Waals surface area contributed by atoms with Crippen LogP contribution in [0.4, 0.5) is 0 Å². The van der Waals surface area contributed by atoms with Crippen LogP contribution in [0.15, 0.2) is 54.9 Å². The van der Waals surface area contributed by atoms with Gasteiger partial charge in [0, 0.05) is 12.4 Å². The first-order valence-electron chi connectivity index (χ1n) is 9.28. The van der Waals surface area contributed by atoms with E-state index in [1.165, 1.54) is 17.5 Å². The number of rotatable bonds is 7. The molecule has 1 heteroatoms. The third-order valence-corrected chi connectivity index (χ3v) is 6.04. The molecule has 0 fully saturated rings. The van der Waals surface area contributed by atoms with Crippen LogP contribution in [0.3, 0.4) is 0 Å². The first kappa shape index (κ1) is 18.7. The molecule has 0 N–H and O–H groups in total. The molecule has 0 aliphatic rings. The smallest absolute Gasteiger partial charge is 0.0270 e. The Bertz CT molecular complexity index is 615. The summed E-state index contributed by atoms with van der Waals surface area (Å²) in [5.74, 6) is 1.17. The lowest BCUT2D eigenvalue weighted by Crippen LogP contribution is -2.44. The fraction of sp³-hybridized carbons (Fsp3) is 0.522. The molecule has 1 aromatic carbocycles. The van der Waals surface area contributed by atoms with Crippen LogP contribution < -0.4 is 0 Å². The van der Waals surface area contributed by atoms with Crippen molar-refractivity contribution in [3.63, 3.8) is 0 Å². The number of hydrogen-bond donors (Lipinski definition) is 0. The molecule has 2 atom stereocenters. The van der Waals surface area contributed by atoms with E-state index in [-0.39, 0.29) is 10.8 Å². The zero-order valence-corrected chi connectivity index (χ0v) is 16.2. The van der Waals surface area contributed by atoms with E-state index >= 15 is 0 Å². The van der Waals surface area contributed by atoms with Gasteiger partial charge < -0.3 is 0 Å². The van der Waals surface area contributed by atoms with Gasteiger partial charge in [-0.05, 0) is 58.8 Å². The Kier molecular flexibility index (Phi) is 5.85. The predicted octanol–water partition coefficient (Wildman–Crippen LogP) is 6.61. The van der Waals surface area contributed by atoms with Crippen LogP contribution in [0.25, 0.3) is 0 Å². The minimum atomic E-state index is 0.0978. The first-order valence-corrected chi connectivity index (χ1v) is 9.28. The molecule has 0 aliphatic heterocycles. The van der Waals surface area contributed by atoms with Gasteiger partial charge in [-0.15, -0.1) is 0 Å². The van der Waals surface area contributed by atoms with E-state index in [0.29, 0.717) is 11.8 Å². The van der Waals surface area contributed by atoms with Crippen LogP contribution in [0.2, 0.25) is 0 Å². The van der Waals surface area contributed by atoms with E-state index in [1.54, 1.807) is 0 Å². The molecule has 0 amide bonds. The third-order valence-electron chi connectivity index (χ3n) is 6.04. The summed E-state index contributed by atoms with van der Waals surface area (Å²) in [6.45, 7) is 14.3. The van der Waals surface area contributed by atoms with Crippen molar-refractivity contribution in [2.24, 2.45) is 11.3 Å².